The number of fused-ring (bicyclic) bond motifs is 2. The van der Waals surface area contributed by atoms with Gasteiger partial charge >= 0.3 is 5.97 Å². The van der Waals surface area contributed by atoms with Crippen LogP contribution in [0.3, 0.4) is 0 Å². The number of hydrazone groups is 2. The molecule has 154 valence electrons. The maximum absolute atomic E-state index is 12.6. The zero-order valence-electron chi connectivity index (χ0n) is 17.1. The highest BCUT2D eigenvalue weighted by molar-refractivity contribution is 8.16. The molecule has 2 heterocycles. The third kappa shape index (κ3) is 3.00. The van der Waals surface area contributed by atoms with E-state index in [2.05, 4.69) is 12.1 Å². The molecule has 0 radical (unpaired) electrons. The molecule has 0 bridgehead atoms. The van der Waals surface area contributed by atoms with E-state index in [-0.39, 0.29) is 5.04 Å². The van der Waals surface area contributed by atoms with Gasteiger partial charge in [-0.2, -0.15) is 10.2 Å². The van der Waals surface area contributed by atoms with Crippen molar-refractivity contribution in [2.24, 2.45) is 10.2 Å². The number of hydrogen-bond donors (Lipinski definition) is 0. The number of anilines is 2. The highest BCUT2D eigenvalue weighted by atomic mass is 32.2. The number of para-hydroxylation sites is 2. The van der Waals surface area contributed by atoms with E-state index in [4.69, 9.17) is 14.9 Å². The van der Waals surface area contributed by atoms with Gasteiger partial charge in [0.2, 0.25) is 10.0 Å². The van der Waals surface area contributed by atoms with E-state index in [0.717, 1.165) is 28.2 Å². The summed E-state index contributed by atoms with van der Waals surface area (Å²) in [6.07, 6.45) is 0. The molecule has 6 nitrogen and oxygen atoms in total. The van der Waals surface area contributed by atoms with Crippen LogP contribution in [0, 0.1) is 0 Å². The van der Waals surface area contributed by atoms with Crippen molar-refractivity contribution >= 4 is 39.9 Å². The van der Waals surface area contributed by atoms with Crippen molar-refractivity contribution in [1.82, 2.24) is 0 Å². The molecule has 2 aliphatic heterocycles. The van der Waals surface area contributed by atoms with Crippen LogP contribution in [0.5, 0.6) is 0 Å². The number of rotatable bonds is 3. The van der Waals surface area contributed by atoms with Crippen molar-refractivity contribution in [2.45, 2.75) is 11.9 Å². The summed E-state index contributed by atoms with van der Waals surface area (Å²) in [5.41, 5.74) is 4.66. The lowest BCUT2D eigenvalue weighted by molar-refractivity contribution is -0.132. The second-order valence-electron chi connectivity index (χ2n) is 7.13. The molecule has 0 unspecified atom stereocenters. The summed E-state index contributed by atoms with van der Waals surface area (Å²) >= 11 is 1.34. The normalized spacial score (nSPS) is 19.7. The first kappa shape index (κ1) is 19.4. The van der Waals surface area contributed by atoms with Crippen molar-refractivity contribution in [1.29, 1.82) is 0 Å². The van der Waals surface area contributed by atoms with Gasteiger partial charge in [-0.3, -0.25) is 0 Å². The second-order valence-corrected chi connectivity index (χ2v) is 8.29. The summed E-state index contributed by atoms with van der Waals surface area (Å²) in [5, 5.41) is 13.8. The van der Waals surface area contributed by atoms with Gasteiger partial charge in [0, 0.05) is 11.1 Å². The van der Waals surface area contributed by atoms with Crippen molar-refractivity contribution in [3.05, 3.63) is 96.1 Å². The van der Waals surface area contributed by atoms with Gasteiger partial charge in [0.1, 0.15) is 0 Å². The van der Waals surface area contributed by atoms with Crippen molar-refractivity contribution in [2.75, 3.05) is 17.1 Å². The Balaban J connectivity index is 1.80. The summed E-state index contributed by atoms with van der Waals surface area (Å²) < 4.78 is 5.03. The summed E-state index contributed by atoms with van der Waals surface area (Å²) in [7, 11) is 1.37. The van der Waals surface area contributed by atoms with Crippen LogP contribution in [0.15, 0.2) is 95.1 Å². The monoisotopic (exact) mass is 428 g/mol. The van der Waals surface area contributed by atoms with Crippen molar-refractivity contribution < 1.29 is 9.53 Å². The van der Waals surface area contributed by atoms with Gasteiger partial charge in [-0.05, 0) is 43.0 Å². The minimum absolute atomic E-state index is 0.275. The number of thioether (sulfide) groups is 1. The molecule has 2 aliphatic rings. The van der Waals surface area contributed by atoms with Gasteiger partial charge in [0.05, 0.1) is 24.2 Å². The molecule has 0 amide bonds. The lowest BCUT2D eigenvalue weighted by Crippen LogP contribution is -2.53. The van der Waals surface area contributed by atoms with E-state index >= 15 is 0 Å². The molecule has 3 aromatic rings. The van der Waals surface area contributed by atoms with E-state index in [9.17, 15) is 4.79 Å². The predicted molar refractivity (Wildman–Crippen MR) is 125 cm³/mol. The number of benzene rings is 3. The Morgan fingerprint density at radius 3 is 2.00 bits per heavy atom. The second kappa shape index (κ2) is 7.59. The number of carbonyl (C=O) groups is 1. The number of ether oxygens (including phenoxy) is 1. The number of methoxy groups -OCH3 is 1. The molecular formula is C24H20N4O2S. The highest BCUT2D eigenvalue weighted by Crippen LogP contribution is 2.54. The molecule has 7 heteroatoms. The zero-order chi connectivity index (χ0) is 21.4. The average molecular weight is 429 g/mol. The molecule has 1 atom stereocenters. The van der Waals surface area contributed by atoms with Gasteiger partial charge in [-0.1, -0.05) is 60.7 Å². The summed E-state index contributed by atoms with van der Waals surface area (Å²) in [4.78, 5) is 11.7. The fraction of sp³-hybridized carbons (Fsp3) is 0.125. The number of carbonyl (C=O) groups excluding carboxylic acids is 1. The fourth-order valence-corrected chi connectivity index (χ4v) is 5.21. The van der Waals surface area contributed by atoms with Gasteiger partial charge in [0.25, 0.3) is 0 Å². The molecule has 5 rings (SSSR count). The maximum atomic E-state index is 12.6. The first-order valence-electron chi connectivity index (χ1n) is 9.87. The highest BCUT2D eigenvalue weighted by Gasteiger charge is 2.56. The van der Waals surface area contributed by atoms with Crippen LogP contribution < -0.4 is 10.0 Å². The molecule has 0 fully saturated rings. The van der Waals surface area contributed by atoms with Crippen LogP contribution >= 0.6 is 11.8 Å². The summed E-state index contributed by atoms with van der Waals surface area (Å²) in [5.74, 6) is -0.473. The molecule has 0 aliphatic carbocycles. The Kier molecular flexibility index (Phi) is 4.75. The quantitative estimate of drug-likeness (QED) is 0.562. The van der Waals surface area contributed by atoms with E-state index in [1.54, 1.807) is 0 Å². The standard InChI is InChI=1S/C24H20N4O2S/c1-17-20-15-9-10-16-21(20)24(27(25-17)18-11-5-3-6-12-18)28(19-13-7-4-8-14-19)26-22(31-24)23(29)30-2/h3-16H,1-2H3/t24-/m0/s1. The van der Waals surface area contributed by atoms with Crippen LogP contribution in [0.25, 0.3) is 0 Å². The van der Waals surface area contributed by atoms with Gasteiger partial charge in [0.15, 0.2) is 0 Å². The zero-order valence-corrected chi connectivity index (χ0v) is 17.9. The number of hydrogen-bond acceptors (Lipinski definition) is 7. The Hall–Kier alpha value is -3.58. The van der Waals surface area contributed by atoms with Crippen molar-refractivity contribution in [3.63, 3.8) is 0 Å². The van der Waals surface area contributed by atoms with Crippen LogP contribution in [-0.4, -0.2) is 23.8 Å². The minimum Gasteiger partial charge on any atom is -0.464 e. The Morgan fingerprint density at radius 2 is 1.39 bits per heavy atom. The maximum Gasteiger partial charge on any atom is 0.365 e. The average Bonchev–Trinajstić information content (AvgIpc) is 3.23. The third-order valence-electron chi connectivity index (χ3n) is 5.28. The van der Waals surface area contributed by atoms with Crippen molar-refractivity contribution in [3.8, 4) is 0 Å². The van der Waals surface area contributed by atoms with E-state index in [1.807, 2.05) is 89.7 Å². The SMILES string of the molecule is COC(=O)C1=NN(c2ccccc2)[C@]2(S1)c1ccccc1C(C)=NN2c1ccccc1. The van der Waals surface area contributed by atoms with Gasteiger partial charge < -0.3 is 4.74 Å². The molecule has 0 saturated carbocycles. The smallest absolute Gasteiger partial charge is 0.365 e. The van der Waals surface area contributed by atoms with E-state index < -0.39 is 11.0 Å². The predicted octanol–water partition coefficient (Wildman–Crippen LogP) is 4.78. The molecule has 0 saturated heterocycles. The molecular weight excluding hydrogens is 408 g/mol. The first-order valence-corrected chi connectivity index (χ1v) is 10.7. The van der Waals surface area contributed by atoms with Crippen LogP contribution in [0.4, 0.5) is 11.4 Å². The molecule has 31 heavy (non-hydrogen) atoms. The molecule has 1 spiro atoms. The molecule has 0 aromatic heterocycles. The molecule has 3 aromatic carbocycles. The molecule has 0 N–H and O–H groups in total. The van der Waals surface area contributed by atoms with E-state index in [0.29, 0.717) is 0 Å². The summed E-state index contributed by atoms with van der Waals surface area (Å²) in [6.45, 7) is 2.00. The lowest BCUT2D eigenvalue weighted by Gasteiger charge is -2.46. The van der Waals surface area contributed by atoms with Crippen LogP contribution in [0.1, 0.15) is 18.1 Å². The number of nitrogens with zero attached hydrogens (tertiary/aromatic N) is 4. The minimum atomic E-state index is -0.928. The third-order valence-corrected chi connectivity index (χ3v) is 6.58. The Morgan fingerprint density at radius 1 is 0.839 bits per heavy atom. The topological polar surface area (TPSA) is 57.5 Å². The number of esters is 1. The van der Waals surface area contributed by atoms with Crippen LogP contribution in [0.2, 0.25) is 0 Å². The lowest BCUT2D eigenvalue weighted by atomic mass is 9.98. The van der Waals surface area contributed by atoms with Gasteiger partial charge in [-0.25, -0.2) is 14.8 Å². The van der Waals surface area contributed by atoms with Crippen LogP contribution in [-0.2, 0) is 14.5 Å². The Labute approximate surface area is 184 Å². The largest absolute Gasteiger partial charge is 0.464 e. The fourth-order valence-electron chi connectivity index (χ4n) is 3.90. The first-order chi connectivity index (χ1) is 15.1. The van der Waals surface area contributed by atoms with Gasteiger partial charge in [-0.15, -0.1) is 0 Å². The summed E-state index contributed by atoms with van der Waals surface area (Å²) in [6, 6.07) is 27.9. The van der Waals surface area contributed by atoms with E-state index in [1.165, 1.54) is 18.9 Å². The Bertz CT molecular complexity index is 1200.